The summed E-state index contributed by atoms with van der Waals surface area (Å²) >= 11 is 5.98. The van der Waals surface area contributed by atoms with Crippen LogP contribution in [-0.4, -0.2) is 18.9 Å². The maximum atomic E-state index is 12.6. The fourth-order valence-corrected chi connectivity index (χ4v) is 2.44. The third kappa shape index (κ3) is 4.76. The van der Waals surface area contributed by atoms with Crippen LogP contribution < -0.4 is 15.4 Å². The van der Waals surface area contributed by atoms with Crippen molar-refractivity contribution in [1.29, 1.82) is 0 Å². The van der Waals surface area contributed by atoms with E-state index in [1.165, 1.54) is 7.11 Å². The molecule has 0 atom stereocenters. The van der Waals surface area contributed by atoms with Crippen molar-refractivity contribution < 1.29 is 14.3 Å². The summed E-state index contributed by atoms with van der Waals surface area (Å²) in [5, 5.41) is 5.99. The Hall–Kier alpha value is -2.53. The predicted molar refractivity (Wildman–Crippen MR) is 103 cm³/mol. The van der Waals surface area contributed by atoms with Crippen LogP contribution in [0.4, 0.5) is 5.69 Å². The third-order valence-corrected chi connectivity index (χ3v) is 4.35. The molecule has 2 aromatic rings. The van der Waals surface area contributed by atoms with Gasteiger partial charge < -0.3 is 15.4 Å². The van der Waals surface area contributed by atoms with E-state index in [-0.39, 0.29) is 5.91 Å². The van der Waals surface area contributed by atoms with E-state index in [1.54, 1.807) is 32.0 Å². The lowest BCUT2D eigenvalue weighted by Gasteiger charge is -2.23. The van der Waals surface area contributed by atoms with Crippen molar-refractivity contribution in [3.05, 3.63) is 58.6 Å². The van der Waals surface area contributed by atoms with Crippen molar-refractivity contribution in [2.75, 3.05) is 12.4 Å². The Labute approximate surface area is 158 Å². The molecule has 0 aliphatic rings. The Kier molecular flexibility index (Phi) is 6.27. The molecule has 0 fully saturated rings. The monoisotopic (exact) mass is 374 g/mol. The van der Waals surface area contributed by atoms with Gasteiger partial charge in [0.2, 0.25) is 11.8 Å². The molecule has 0 heterocycles. The number of anilines is 1. The number of halogens is 1. The minimum Gasteiger partial charge on any atom is -0.495 e. The van der Waals surface area contributed by atoms with Gasteiger partial charge in [0.05, 0.1) is 12.8 Å². The number of nitrogens with one attached hydrogen (secondary N) is 2. The quantitative estimate of drug-likeness (QED) is 0.752. The zero-order valence-corrected chi connectivity index (χ0v) is 16.1. The van der Waals surface area contributed by atoms with Gasteiger partial charge in [0, 0.05) is 11.6 Å². The number of ether oxygens (including phenoxy) is 1. The Morgan fingerprint density at radius 1 is 1.08 bits per heavy atom. The first-order valence-corrected chi connectivity index (χ1v) is 8.60. The van der Waals surface area contributed by atoms with Gasteiger partial charge in [-0.25, -0.2) is 0 Å². The summed E-state index contributed by atoms with van der Waals surface area (Å²) < 4.78 is 5.22. The van der Waals surface area contributed by atoms with Crippen LogP contribution in [0.15, 0.2) is 42.5 Å². The summed E-state index contributed by atoms with van der Waals surface area (Å²) in [5.74, 6) is -0.338. The summed E-state index contributed by atoms with van der Waals surface area (Å²) in [5.41, 5.74) is 1.27. The highest BCUT2D eigenvalue weighted by atomic mass is 35.5. The fraction of sp³-hybridized carbons (Fsp3) is 0.300. The third-order valence-electron chi connectivity index (χ3n) is 4.12. The van der Waals surface area contributed by atoms with Gasteiger partial charge in [-0.2, -0.15) is 0 Å². The maximum Gasteiger partial charge on any atom is 0.239 e. The van der Waals surface area contributed by atoms with Gasteiger partial charge in [-0.1, -0.05) is 41.4 Å². The topological polar surface area (TPSA) is 67.4 Å². The smallest absolute Gasteiger partial charge is 0.239 e. The molecule has 138 valence electrons. The molecule has 0 saturated carbocycles. The van der Waals surface area contributed by atoms with E-state index >= 15 is 0 Å². The van der Waals surface area contributed by atoms with Gasteiger partial charge in [-0.05, 0) is 44.5 Å². The fourth-order valence-electron chi connectivity index (χ4n) is 2.27. The first kappa shape index (κ1) is 19.8. The number of benzene rings is 2. The van der Waals surface area contributed by atoms with Crippen molar-refractivity contribution in [3.8, 4) is 5.75 Å². The van der Waals surface area contributed by atoms with E-state index in [2.05, 4.69) is 10.6 Å². The number of amides is 2. The number of rotatable bonds is 6. The van der Waals surface area contributed by atoms with Gasteiger partial charge in [-0.15, -0.1) is 0 Å². The Morgan fingerprint density at radius 3 is 2.35 bits per heavy atom. The summed E-state index contributed by atoms with van der Waals surface area (Å²) in [6, 6.07) is 12.7. The van der Waals surface area contributed by atoms with Crippen LogP contribution in [0.5, 0.6) is 5.75 Å². The van der Waals surface area contributed by atoms with Crippen molar-refractivity contribution in [1.82, 2.24) is 5.32 Å². The summed E-state index contributed by atoms with van der Waals surface area (Å²) in [4.78, 5) is 25.2. The number of carbonyl (C=O) groups excluding carboxylic acids is 2. The first-order valence-electron chi connectivity index (χ1n) is 8.23. The van der Waals surface area contributed by atoms with E-state index in [0.29, 0.717) is 23.0 Å². The summed E-state index contributed by atoms with van der Waals surface area (Å²) in [6.07, 6.45) is 0. The van der Waals surface area contributed by atoms with E-state index in [9.17, 15) is 9.59 Å². The minimum atomic E-state index is -1.27. The lowest BCUT2D eigenvalue weighted by molar-refractivity contribution is -0.138. The van der Waals surface area contributed by atoms with Crippen molar-refractivity contribution in [3.63, 3.8) is 0 Å². The molecule has 0 bridgehead atoms. The Bertz CT molecular complexity index is 801. The predicted octanol–water partition coefficient (Wildman–Crippen LogP) is 3.94. The molecule has 2 amide bonds. The second kappa shape index (κ2) is 8.23. The Morgan fingerprint density at radius 2 is 1.73 bits per heavy atom. The first-order chi connectivity index (χ1) is 12.2. The minimum absolute atomic E-state index is 0.357. The largest absolute Gasteiger partial charge is 0.495 e. The molecular weight excluding hydrogens is 352 g/mol. The highest BCUT2D eigenvalue weighted by Gasteiger charge is 2.36. The second-order valence-corrected chi connectivity index (χ2v) is 7.03. The van der Waals surface area contributed by atoms with E-state index in [4.69, 9.17) is 16.3 Å². The molecule has 0 aromatic heterocycles. The molecule has 0 unspecified atom stereocenters. The number of carbonyl (C=O) groups is 2. The molecule has 0 spiro atoms. The zero-order chi connectivity index (χ0) is 19.3. The van der Waals surface area contributed by atoms with Gasteiger partial charge in [-0.3, -0.25) is 9.59 Å². The van der Waals surface area contributed by atoms with Crippen molar-refractivity contribution >= 4 is 29.1 Å². The molecule has 0 aliphatic heterocycles. The molecule has 6 heteroatoms. The maximum absolute atomic E-state index is 12.6. The lowest BCUT2D eigenvalue weighted by atomic mass is 9.90. The molecule has 2 aromatic carbocycles. The average Bonchev–Trinajstić information content (AvgIpc) is 2.61. The van der Waals surface area contributed by atoms with Crippen LogP contribution >= 0.6 is 11.6 Å². The average molecular weight is 375 g/mol. The highest BCUT2D eigenvalue weighted by Crippen LogP contribution is 2.29. The van der Waals surface area contributed by atoms with Gasteiger partial charge in [0.1, 0.15) is 11.2 Å². The molecule has 26 heavy (non-hydrogen) atoms. The molecule has 0 radical (unpaired) electrons. The van der Waals surface area contributed by atoms with Crippen LogP contribution in [0, 0.1) is 12.3 Å². The van der Waals surface area contributed by atoms with Gasteiger partial charge >= 0.3 is 0 Å². The summed E-state index contributed by atoms with van der Waals surface area (Å²) in [6.45, 7) is 5.50. The number of hydrogen-bond acceptors (Lipinski definition) is 3. The zero-order valence-electron chi connectivity index (χ0n) is 15.4. The SMILES string of the molecule is COc1ccc(Cl)cc1NC(=O)C(C)(C)C(=O)NCc1ccc(C)cc1. The number of methoxy groups -OCH3 is 1. The molecule has 0 saturated heterocycles. The second-order valence-electron chi connectivity index (χ2n) is 6.59. The van der Waals surface area contributed by atoms with Crippen molar-refractivity contribution in [2.24, 2.45) is 5.41 Å². The summed E-state index contributed by atoms with van der Waals surface area (Å²) in [7, 11) is 1.50. The normalized spacial score (nSPS) is 11.0. The standard InChI is InChI=1S/C20H23ClN2O3/c1-13-5-7-14(8-6-13)12-22-18(24)20(2,3)19(25)23-16-11-15(21)9-10-17(16)26-4/h5-11H,12H2,1-4H3,(H,22,24)(H,23,25). The van der Waals surface area contributed by atoms with Gasteiger partial charge in [0.25, 0.3) is 0 Å². The van der Waals surface area contributed by atoms with E-state index in [1.807, 2.05) is 31.2 Å². The molecular formula is C20H23ClN2O3. The molecule has 2 rings (SSSR count). The van der Waals surface area contributed by atoms with E-state index in [0.717, 1.165) is 11.1 Å². The highest BCUT2D eigenvalue weighted by molar-refractivity contribution is 6.31. The van der Waals surface area contributed by atoms with Crippen LogP contribution in [0.2, 0.25) is 5.02 Å². The van der Waals surface area contributed by atoms with Crippen LogP contribution in [-0.2, 0) is 16.1 Å². The van der Waals surface area contributed by atoms with Crippen molar-refractivity contribution in [2.45, 2.75) is 27.3 Å². The van der Waals surface area contributed by atoms with E-state index < -0.39 is 11.3 Å². The number of hydrogen-bond donors (Lipinski definition) is 2. The molecule has 2 N–H and O–H groups in total. The lowest BCUT2D eigenvalue weighted by Crippen LogP contribution is -2.44. The Balaban J connectivity index is 2.05. The van der Waals surface area contributed by atoms with Crippen LogP contribution in [0.25, 0.3) is 0 Å². The van der Waals surface area contributed by atoms with Gasteiger partial charge in [0.15, 0.2) is 0 Å². The van der Waals surface area contributed by atoms with Crippen LogP contribution in [0.1, 0.15) is 25.0 Å². The number of aryl methyl sites for hydroxylation is 1. The van der Waals surface area contributed by atoms with Crippen LogP contribution in [0.3, 0.4) is 0 Å². The molecule has 0 aliphatic carbocycles. The molecule has 5 nitrogen and oxygen atoms in total.